The molecule has 1 unspecified atom stereocenters. The Morgan fingerprint density at radius 2 is 2.12 bits per heavy atom. The first-order valence-electron chi connectivity index (χ1n) is 8.37. The van der Waals surface area contributed by atoms with Gasteiger partial charge in [0.25, 0.3) is 0 Å². The van der Waals surface area contributed by atoms with Gasteiger partial charge in [-0.3, -0.25) is 9.67 Å². The van der Waals surface area contributed by atoms with E-state index in [0.717, 1.165) is 38.4 Å². The molecular formula is C16H31IN6O. The number of aliphatic imine (C=N–C) groups is 1. The van der Waals surface area contributed by atoms with Crippen molar-refractivity contribution in [1.82, 2.24) is 24.9 Å². The maximum absolute atomic E-state index is 9.68. The minimum atomic E-state index is -0.168. The number of likely N-dealkylation sites (N-methyl/N-ethyl adjacent to an activating group) is 1. The average Bonchev–Trinajstić information content (AvgIpc) is 2.93. The number of rotatable bonds is 5. The number of nitrogens with zero attached hydrogens (tertiary/aromatic N) is 5. The van der Waals surface area contributed by atoms with E-state index in [4.69, 9.17) is 4.99 Å². The van der Waals surface area contributed by atoms with Crippen molar-refractivity contribution in [3.63, 3.8) is 0 Å². The average molecular weight is 450 g/mol. The molecule has 2 rings (SSSR count). The first kappa shape index (κ1) is 21.2. The van der Waals surface area contributed by atoms with Crippen LogP contribution in [0.15, 0.2) is 17.4 Å². The molecule has 0 bridgehead atoms. The third-order valence-corrected chi connectivity index (χ3v) is 4.25. The molecule has 1 aliphatic rings. The number of aliphatic hydroxyl groups excluding tert-OH is 1. The first-order valence-corrected chi connectivity index (χ1v) is 8.37. The number of aliphatic hydroxyl groups is 1. The Morgan fingerprint density at radius 3 is 2.62 bits per heavy atom. The van der Waals surface area contributed by atoms with Crippen molar-refractivity contribution in [2.75, 3.05) is 40.3 Å². The second kappa shape index (κ2) is 10.2. The summed E-state index contributed by atoms with van der Waals surface area (Å²) in [4.78, 5) is 9.25. The highest BCUT2D eigenvalue weighted by molar-refractivity contribution is 14.0. The Hall–Kier alpha value is -0.870. The van der Waals surface area contributed by atoms with Crippen molar-refractivity contribution in [3.8, 4) is 0 Å². The Bertz CT molecular complexity index is 510. The van der Waals surface area contributed by atoms with Crippen LogP contribution in [-0.4, -0.2) is 77.0 Å². The zero-order chi connectivity index (χ0) is 16.8. The number of aryl methyl sites for hydroxylation is 1. The number of halogens is 1. The smallest absolute Gasteiger partial charge is 0.193 e. The lowest BCUT2D eigenvalue weighted by molar-refractivity contribution is 0.108. The van der Waals surface area contributed by atoms with Gasteiger partial charge < -0.3 is 20.2 Å². The molecular weight excluding hydrogens is 419 g/mol. The van der Waals surface area contributed by atoms with Gasteiger partial charge in [-0.1, -0.05) is 0 Å². The van der Waals surface area contributed by atoms with E-state index in [0.29, 0.717) is 6.54 Å². The van der Waals surface area contributed by atoms with Crippen molar-refractivity contribution >= 4 is 29.9 Å². The van der Waals surface area contributed by atoms with Crippen LogP contribution < -0.4 is 5.32 Å². The van der Waals surface area contributed by atoms with E-state index in [2.05, 4.69) is 41.2 Å². The van der Waals surface area contributed by atoms with Gasteiger partial charge in [0.15, 0.2) is 5.96 Å². The zero-order valence-electron chi connectivity index (χ0n) is 15.1. The molecule has 24 heavy (non-hydrogen) atoms. The highest BCUT2D eigenvalue weighted by Gasteiger charge is 2.21. The summed E-state index contributed by atoms with van der Waals surface area (Å²) in [5.74, 6) is 0.940. The van der Waals surface area contributed by atoms with E-state index in [1.165, 1.54) is 5.56 Å². The van der Waals surface area contributed by atoms with Crippen molar-refractivity contribution in [2.24, 2.45) is 12.0 Å². The van der Waals surface area contributed by atoms with E-state index in [1.807, 2.05) is 24.1 Å². The number of aromatic nitrogens is 2. The van der Waals surface area contributed by atoms with Crippen LogP contribution in [0, 0.1) is 0 Å². The van der Waals surface area contributed by atoms with Crippen molar-refractivity contribution < 1.29 is 5.11 Å². The summed E-state index contributed by atoms with van der Waals surface area (Å²) in [6.45, 7) is 5.31. The Kier molecular flexibility index (Phi) is 8.99. The van der Waals surface area contributed by atoms with Crippen LogP contribution in [0.1, 0.15) is 31.4 Å². The molecule has 1 fully saturated rings. The molecule has 0 aromatic carbocycles. The standard InChI is InChI=1S/C16H30N6O.HI/c1-5-17-16(22-8-6-14(23)7-9-22)18-11-15(20(2)3)13-10-19-21(4)12-13;/h10,12,14-15,23H,5-9,11H2,1-4H3,(H,17,18);1H. The van der Waals surface area contributed by atoms with Gasteiger partial charge in [0, 0.05) is 38.4 Å². The predicted octanol–water partition coefficient (Wildman–Crippen LogP) is 1.06. The number of guanidine groups is 1. The van der Waals surface area contributed by atoms with Gasteiger partial charge in [-0.05, 0) is 33.9 Å². The molecule has 2 N–H and O–H groups in total. The minimum Gasteiger partial charge on any atom is -0.393 e. The normalized spacial score (nSPS) is 17.8. The lowest BCUT2D eigenvalue weighted by atomic mass is 10.1. The number of hydrogen-bond donors (Lipinski definition) is 2. The Balaban J connectivity index is 0.00000288. The van der Waals surface area contributed by atoms with Gasteiger partial charge in [0.05, 0.1) is 24.9 Å². The van der Waals surface area contributed by atoms with Gasteiger partial charge in [-0.2, -0.15) is 5.10 Å². The molecule has 1 aliphatic heterocycles. The van der Waals surface area contributed by atoms with Crippen molar-refractivity contribution in [3.05, 3.63) is 18.0 Å². The molecule has 8 heteroatoms. The Labute approximate surface area is 162 Å². The topological polar surface area (TPSA) is 68.9 Å². The number of piperidine rings is 1. The molecule has 1 aromatic heterocycles. The zero-order valence-corrected chi connectivity index (χ0v) is 17.5. The van der Waals surface area contributed by atoms with Gasteiger partial charge >= 0.3 is 0 Å². The van der Waals surface area contributed by atoms with E-state index in [9.17, 15) is 5.11 Å². The van der Waals surface area contributed by atoms with Gasteiger partial charge in [-0.25, -0.2) is 0 Å². The van der Waals surface area contributed by atoms with Crippen LogP contribution in [0.5, 0.6) is 0 Å². The Morgan fingerprint density at radius 1 is 1.46 bits per heavy atom. The van der Waals surface area contributed by atoms with Crippen molar-refractivity contribution in [2.45, 2.75) is 31.9 Å². The van der Waals surface area contributed by atoms with E-state index in [-0.39, 0.29) is 36.1 Å². The van der Waals surface area contributed by atoms with Crippen LogP contribution in [0.2, 0.25) is 0 Å². The summed E-state index contributed by atoms with van der Waals surface area (Å²) in [7, 11) is 6.07. The summed E-state index contributed by atoms with van der Waals surface area (Å²) in [5.41, 5.74) is 1.17. The second-order valence-electron chi connectivity index (χ2n) is 6.34. The van der Waals surface area contributed by atoms with Crippen LogP contribution in [0.3, 0.4) is 0 Å². The summed E-state index contributed by atoms with van der Waals surface area (Å²) >= 11 is 0. The highest BCUT2D eigenvalue weighted by atomic mass is 127. The summed E-state index contributed by atoms with van der Waals surface area (Å²) < 4.78 is 1.83. The van der Waals surface area contributed by atoms with Crippen LogP contribution in [0.25, 0.3) is 0 Å². The molecule has 2 heterocycles. The van der Waals surface area contributed by atoms with E-state index in [1.54, 1.807) is 0 Å². The minimum absolute atomic E-state index is 0. The fraction of sp³-hybridized carbons (Fsp3) is 0.750. The lowest BCUT2D eigenvalue weighted by Crippen LogP contribution is -2.46. The molecule has 0 radical (unpaired) electrons. The predicted molar refractivity (Wildman–Crippen MR) is 108 cm³/mol. The van der Waals surface area contributed by atoms with Gasteiger partial charge in [0.1, 0.15) is 0 Å². The number of likely N-dealkylation sites (tertiary alicyclic amines) is 1. The van der Waals surface area contributed by atoms with Gasteiger partial charge in [0.2, 0.25) is 0 Å². The molecule has 0 amide bonds. The van der Waals surface area contributed by atoms with E-state index >= 15 is 0 Å². The molecule has 0 spiro atoms. The maximum Gasteiger partial charge on any atom is 0.193 e. The van der Waals surface area contributed by atoms with Gasteiger partial charge in [-0.15, -0.1) is 24.0 Å². The van der Waals surface area contributed by atoms with Crippen molar-refractivity contribution in [1.29, 1.82) is 0 Å². The maximum atomic E-state index is 9.68. The van der Waals surface area contributed by atoms with E-state index < -0.39 is 0 Å². The summed E-state index contributed by atoms with van der Waals surface area (Å²) in [5, 5.41) is 17.3. The molecule has 0 aliphatic carbocycles. The first-order chi connectivity index (χ1) is 11.0. The molecule has 1 saturated heterocycles. The number of nitrogens with one attached hydrogen (secondary N) is 1. The SMILES string of the molecule is CCNC(=NCC(c1cnn(C)c1)N(C)C)N1CCC(O)CC1.I. The van der Waals surface area contributed by atoms with Crippen LogP contribution >= 0.6 is 24.0 Å². The number of hydrogen-bond acceptors (Lipinski definition) is 4. The third kappa shape index (κ3) is 5.89. The highest BCUT2D eigenvalue weighted by Crippen LogP contribution is 2.18. The van der Waals surface area contributed by atoms with Crippen LogP contribution in [0.4, 0.5) is 0 Å². The fourth-order valence-electron chi connectivity index (χ4n) is 2.86. The quantitative estimate of drug-likeness (QED) is 0.399. The monoisotopic (exact) mass is 450 g/mol. The molecule has 1 atom stereocenters. The van der Waals surface area contributed by atoms with Crippen LogP contribution in [-0.2, 0) is 7.05 Å². The lowest BCUT2D eigenvalue weighted by Gasteiger charge is -2.33. The fourth-order valence-corrected chi connectivity index (χ4v) is 2.86. The third-order valence-electron chi connectivity index (χ3n) is 4.25. The molecule has 138 valence electrons. The molecule has 1 aromatic rings. The summed E-state index contributed by atoms with van der Waals surface area (Å²) in [6.07, 6.45) is 5.40. The second-order valence-corrected chi connectivity index (χ2v) is 6.34. The molecule has 0 saturated carbocycles. The summed E-state index contributed by atoms with van der Waals surface area (Å²) in [6, 6.07) is 0.202. The largest absolute Gasteiger partial charge is 0.393 e. The molecule has 7 nitrogen and oxygen atoms in total.